The third-order valence-corrected chi connectivity index (χ3v) is 3.36. The molecule has 0 saturated carbocycles. The van der Waals surface area contributed by atoms with Crippen molar-refractivity contribution in [1.29, 1.82) is 0 Å². The zero-order valence-corrected chi connectivity index (χ0v) is 12.2. The number of rotatable bonds is 5. The van der Waals surface area contributed by atoms with Crippen molar-refractivity contribution in [2.75, 3.05) is 19.0 Å². The lowest BCUT2D eigenvalue weighted by Crippen LogP contribution is -2.16. The Balaban J connectivity index is 2.13. The van der Waals surface area contributed by atoms with Gasteiger partial charge in [-0.1, -0.05) is 18.2 Å². The minimum absolute atomic E-state index is 0.787. The predicted molar refractivity (Wildman–Crippen MR) is 79.5 cm³/mol. The third-order valence-electron chi connectivity index (χ3n) is 3.36. The van der Waals surface area contributed by atoms with Crippen LogP contribution in [-0.4, -0.2) is 14.1 Å². The summed E-state index contributed by atoms with van der Waals surface area (Å²) in [6.45, 7) is 5.79. The fourth-order valence-corrected chi connectivity index (χ4v) is 2.34. The zero-order valence-electron chi connectivity index (χ0n) is 12.2. The van der Waals surface area contributed by atoms with E-state index in [4.69, 9.17) is 4.42 Å². The highest BCUT2D eigenvalue weighted by molar-refractivity contribution is 5.52. The first kappa shape index (κ1) is 13.7. The first-order valence-corrected chi connectivity index (χ1v) is 6.61. The second kappa shape index (κ2) is 5.93. The molecule has 2 aromatic rings. The highest BCUT2D eigenvalue weighted by atomic mass is 16.3. The van der Waals surface area contributed by atoms with E-state index in [1.165, 1.54) is 16.8 Å². The van der Waals surface area contributed by atoms with Gasteiger partial charge in [-0.2, -0.15) is 0 Å². The van der Waals surface area contributed by atoms with Crippen molar-refractivity contribution >= 4 is 5.69 Å². The predicted octanol–water partition coefficient (Wildman–Crippen LogP) is 3.25. The summed E-state index contributed by atoms with van der Waals surface area (Å²) in [6.07, 6.45) is 0. The van der Waals surface area contributed by atoms with Gasteiger partial charge in [0.1, 0.15) is 11.5 Å². The van der Waals surface area contributed by atoms with Crippen LogP contribution in [-0.2, 0) is 13.1 Å². The number of nitrogens with zero attached hydrogens (tertiary/aromatic N) is 1. The molecule has 1 heterocycles. The molecule has 0 bridgehead atoms. The van der Waals surface area contributed by atoms with Crippen LogP contribution in [0.1, 0.15) is 22.6 Å². The first-order valence-electron chi connectivity index (χ1n) is 6.61. The molecule has 0 amide bonds. The Bertz CT molecular complexity index is 545. The number of furan rings is 1. The van der Waals surface area contributed by atoms with Gasteiger partial charge in [0.15, 0.2) is 0 Å². The Morgan fingerprint density at radius 3 is 2.63 bits per heavy atom. The number of para-hydroxylation sites is 1. The van der Waals surface area contributed by atoms with Crippen molar-refractivity contribution < 1.29 is 4.42 Å². The number of nitrogens with one attached hydrogen (secondary N) is 1. The van der Waals surface area contributed by atoms with Crippen molar-refractivity contribution in [3.05, 3.63) is 53.0 Å². The minimum Gasteiger partial charge on any atom is -0.464 e. The maximum Gasteiger partial charge on any atom is 0.123 e. The second-order valence-electron chi connectivity index (χ2n) is 4.97. The average molecular weight is 258 g/mol. The molecule has 0 aliphatic carbocycles. The maximum absolute atomic E-state index is 5.82. The Hall–Kier alpha value is -1.74. The van der Waals surface area contributed by atoms with E-state index in [0.717, 1.165) is 24.6 Å². The quantitative estimate of drug-likeness (QED) is 0.892. The van der Waals surface area contributed by atoms with Gasteiger partial charge in [0.25, 0.3) is 0 Å². The largest absolute Gasteiger partial charge is 0.464 e. The third kappa shape index (κ3) is 3.18. The zero-order chi connectivity index (χ0) is 13.8. The lowest BCUT2D eigenvalue weighted by molar-refractivity contribution is 0.478. The van der Waals surface area contributed by atoms with E-state index in [9.17, 15) is 0 Å². The molecule has 0 aliphatic rings. The van der Waals surface area contributed by atoms with E-state index >= 15 is 0 Å². The van der Waals surface area contributed by atoms with Gasteiger partial charge in [-0.25, -0.2) is 0 Å². The van der Waals surface area contributed by atoms with Crippen LogP contribution in [0, 0.1) is 13.8 Å². The second-order valence-corrected chi connectivity index (χ2v) is 4.97. The molecule has 0 spiro atoms. The standard InChI is InChI=1S/C16H22N2O/c1-12-7-5-6-8-16(12)18(4)11-15-9-14(10-17-3)13(2)19-15/h5-9,17H,10-11H2,1-4H3. The van der Waals surface area contributed by atoms with Crippen LogP contribution in [0.15, 0.2) is 34.7 Å². The average Bonchev–Trinajstić information content (AvgIpc) is 2.70. The molecule has 102 valence electrons. The molecule has 0 unspecified atom stereocenters. The summed E-state index contributed by atoms with van der Waals surface area (Å²) >= 11 is 0. The highest BCUT2D eigenvalue weighted by Crippen LogP contribution is 2.22. The van der Waals surface area contributed by atoms with Gasteiger partial charge in [-0.05, 0) is 38.6 Å². The molecule has 3 heteroatoms. The van der Waals surface area contributed by atoms with Crippen molar-refractivity contribution in [3.8, 4) is 0 Å². The molecular weight excluding hydrogens is 236 g/mol. The molecule has 0 radical (unpaired) electrons. The number of aryl methyl sites for hydroxylation is 2. The molecule has 0 atom stereocenters. The lowest BCUT2D eigenvalue weighted by Gasteiger charge is -2.20. The fourth-order valence-electron chi connectivity index (χ4n) is 2.34. The Kier molecular flexibility index (Phi) is 4.27. The lowest BCUT2D eigenvalue weighted by atomic mass is 10.2. The van der Waals surface area contributed by atoms with Gasteiger partial charge in [0.2, 0.25) is 0 Å². The van der Waals surface area contributed by atoms with Crippen LogP contribution in [0.2, 0.25) is 0 Å². The Morgan fingerprint density at radius 2 is 1.95 bits per heavy atom. The van der Waals surface area contributed by atoms with Crippen LogP contribution in [0.3, 0.4) is 0 Å². The number of benzene rings is 1. The SMILES string of the molecule is CNCc1cc(CN(C)c2ccccc2C)oc1C. The monoisotopic (exact) mass is 258 g/mol. The van der Waals surface area contributed by atoms with Gasteiger partial charge in [-0.3, -0.25) is 0 Å². The van der Waals surface area contributed by atoms with E-state index in [1.807, 2.05) is 14.0 Å². The van der Waals surface area contributed by atoms with Crippen LogP contribution in [0.4, 0.5) is 5.69 Å². The summed E-state index contributed by atoms with van der Waals surface area (Å²) < 4.78 is 5.82. The first-order chi connectivity index (χ1) is 9.11. The van der Waals surface area contributed by atoms with E-state index in [1.54, 1.807) is 0 Å². The number of hydrogen-bond donors (Lipinski definition) is 1. The van der Waals surface area contributed by atoms with Crippen LogP contribution in [0.5, 0.6) is 0 Å². The summed E-state index contributed by atoms with van der Waals surface area (Å²) in [5, 5.41) is 3.16. The van der Waals surface area contributed by atoms with Gasteiger partial charge in [-0.15, -0.1) is 0 Å². The van der Waals surface area contributed by atoms with Gasteiger partial charge in [0, 0.05) is 24.8 Å². The topological polar surface area (TPSA) is 28.4 Å². The molecule has 19 heavy (non-hydrogen) atoms. The smallest absolute Gasteiger partial charge is 0.123 e. The van der Waals surface area contributed by atoms with Crippen LogP contribution in [0.25, 0.3) is 0 Å². The molecule has 0 aliphatic heterocycles. The summed E-state index contributed by atoms with van der Waals surface area (Å²) in [7, 11) is 4.05. The summed E-state index contributed by atoms with van der Waals surface area (Å²) in [4.78, 5) is 2.22. The van der Waals surface area contributed by atoms with Crippen molar-refractivity contribution in [3.63, 3.8) is 0 Å². The highest BCUT2D eigenvalue weighted by Gasteiger charge is 2.10. The van der Waals surface area contributed by atoms with Crippen LogP contribution >= 0.6 is 0 Å². The number of anilines is 1. The van der Waals surface area contributed by atoms with E-state index < -0.39 is 0 Å². The minimum atomic E-state index is 0.787. The van der Waals surface area contributed by atoms with Gasteiger partial charge in [0.05, 0.1) is 6.54 Å². The molecule has 0 fully saturated rings. The summed E-state index contributed by atoms with van der Waals surface area (Å²) in [5.41, 5.74) is 3.76. The molecule has 1 N–H and O–H groups in total. The van der Waals surface area contributed by atoms with E-state index in [0.29, 0.717) is 0 Å². The molecule has 3 nitrogen and oxygen atoms in total. The number of hydrogen-bond acceptors (Lipinski definition) is 3. The normalized spacial score (nSPS) is 10.7. The van der Waals surface area contributed by atoms with Crippen molar-refractivity contribution in [2.45, 2.75) is 26.9 Å². The van der Waals surface area contributed by atoms with E-state index in [2.05, 4.69) is 54.5 Å². The summed E-state index contributed by atoms with van der Waals surface area (Å²) in [5.74, 6) is 2.01. The summed E-state index contributed by atoms with van der Waals surface area (Å²) in [6, 6.07) is 10.5. The molecule has 2 rings (SSSR count). The molecule has 1 aromatic heterocycles. The van der Waals surface area contributed by atoms with Crippen molar-refractivity contribution in [1.82, 2.24) is 5.32 Å². The maximum atomic E-state index is 5.82. The Labute approximate surface area is 115 Å². The fraction of sp³-hybridized carbons (Fsp3) is 0.375. The van der Waals surface area contributed by atoms with E-state index in [-0.39, 0.29) is 0 Å². The van der Waals surface area contributed by atoms with Gasteiger partial charge < -0.3 is 14.6 Å². The molecule has 1 aromatic carbocycles. The molecular formula is C16H22N2O. The Morgan fingerprint density at radius 1 is 1.21 bits per heavy atom. The van der Waals surface area contributed by atoms with Crippen LogP contribution < -0.4 is 10.2 Å². The molecule has 0 saturated heterocycles. The van der Waals surface area contributed by atoms with Crippen molar-refractivity contribution in [2.24, 2.45) is 0 Å². The van der Waals surface area contributed by atoms with Gasteiger partial charge >= 0.3 is 0 Å².